The van der Waals surface area contributed by atoms with Crippen LogP contribution in [0.4, 0.5) is 0 Å². The molecular formula is C15H23N3O5S2. The molecule has 8 nitrogen and oxygen atoms in total. The third kappa shape index (κ3) is 6.38. The molecule has 10 heteroatoms. The Labute approximate surface area is 148 Å². The number of amides is 1. The van der Waals surface area contributed by atoms with Gasteiger partial charge in [-0.3, -0.25) is 4.79 Å². The minimum absolute atomic E-state index is 0.0254. The third-order valence-corrected chi connectivity index (χ3v) is 6.15. The average molecular weight is 389 g/mol. The number of benzene rings is 1. The lowest BCUT2D eigenvalue weighted by molar-refractivity contribution is -0.132. The van der Waals surface area contributed by atoms with Gasteiger partial charge in [0.25, 0.3) is 0 Å². The number of nitrogens with one attached hydrogen (secondary N) is 2. The SMILES string of the molecule is CS(=O)(=O)NC1CCN(C(=O)CCNS(=O)(=O)c2ccccc2)CC1. The summed E-state index contributed by atoms with van der Waals surface area (Å²) >= 11 is 0. The molecule has 1 aliphatic heterocycles. The Morgan fingerprint density at radius 1 is 1.12 bits per heavy atom. The van der Waals surface area contributed by atoms with E-state index < -0.39 is 20.0 Å². The molecule has 0 bridgehead atoms. The maximum atomic E-state index is 12.2. The van der Waals surface area contributed by atoms with Gasteiger partial charge in [0, 0.05) is 32.1 Å². The summed E-state index contributed by atoms with van der Waals surface area (Å²) in [4.78, 5) is 14.0. The Bertz CT molecular complexity index is 786. The smallest absolute Gasteiger partial charge is 0.240 e. The monoisotopic (exact) mass is 389 g/mol. The molecular weight excluding hydrogens is 366 g/mol. The molecule has 0 radical (unpaired) electrons. The van der Waals surface area contributed by atoms with E-state index in [-0.39, 0.29) is 29.8 Å². The average Bonchev–Trinajstić information content (AvgIpc) is 2.54. The van der Waals surface area contributed by atoms with Crippen LogP contribution in [0.5, 0.6) is 0 Å². The van der Waals surface area contributed by atoms with Crippen molar-refractivity contribution in [3.05, 3.63) is 30.3 Å². The van der Waals surface area contributed by atoms with Gasteiger partial charge in [-0.1, -0.05) is 18.2 Å². The first-order valence-electron chi connectivity index (χ1n) is 7.97. The van der Waals surface area contributed by atoms with Crippen molar-refractivity contribution in [1.29, 1.82) is 0 Å². The molecule has 0 aliphatic carbocycles. The van der Waals surface area contributed by atoms with Crippen LogP contribution >= 0.6 is 0 Å². The van der Waals surface area contributed by atoms with Crippen LogP contribution in [0, 0.1) is 0 Å². The zero-order valence-electron chi connectivity index (χ0n) is 14.0. The second kappa shape index (κ2) is 8.26. The highest BCUT2D eigenvalue weighted by Gasteiger charge is 2.24. The normalized spacial score (nSPS) is 16.8. The Morgan fingerprint density at radius 2 is 1.72 bits per heavy atom. The van der Waals surface area contributed by atoms with E-state index in [1.807, 2.05) is 0 Å². The Hall–Kier alpha value is -1.49. The van der Waals surface area contributed by atoms with E-state index >= 15 is 0 Å². The minimum Gasteiger partial charge on any atom is -0.343 e. The molecule has 0 unspecified atom stereocenters. The Balaban J connectivity index is 1.76. The molecule has 0 spiro atoms. The van der Waals surface area contributed by atoms with Crippen molar-refractivity contribution in [3.63, 3.8) is 0 Å². The van der Waals surface area contributed by atoms with Crippen molar-refractivity contribution < 1.29 is 21.6 Å². The second-order valence-electron chi connectivity index (χ2n) is 6.01. The largest absolute Gasteiger partial charge is 0.343 e. The van der Waals surface area contributed by atoms with Crippen molar-refractivity contribution >= 4 is 26.0 Å². The predicted octanol–water partition coefficient (Wildman–Crippen LogP) is -0.105. The van der Waals surface area contributed by atoms with Gasteiger partial charge in [0.1, 0.15) is 0 Å². The van der Waals surface area contributed by atoms with E-state index in [1.165, 1.54) is 12.1 Å². The van der Waals surface area contributed by atoms with Gasteiger partial charge in [0.2, 0.25) is 26.0 Å². The molecule has 0 aromatic heterocycles. The number of hydrogen-bond acceptors (Lipinski definition) is 5. The number of hydrogen-bond donors (Lipinski definition) is 2. The molecule has 1 amide bonds. The molecule has 1 fully saturated rings. The van der Waals surface area contributed by atoms with Crippen molar-refractivity contribution in [1.82, 2.24) is 14.3 Å². The van der Waals surface area contributed by atoms with Gasteiger partial charge in [-0.15, -0.1) is 0 Å². The molecule has 1 saturated heterocycles. The van der Waals surface area contributed by atoms with Crippen LogP contribution in [0.25, 0.3) is 0 Å². The van der Waals surface area contributed by atoms with Crippen molar-refractivity contribution in [2.45, 2.75) is 30.2 Å². The Morgan fingerprint density at radius 3 is 2.28 bits per heavy atom. The molecule has 2 rings (SSSR count). The van der Waals surface area contributed by atoms with Gasteiger partial charge in [-0.05, 0) is 25.0 Å². The van der Waals surface area contributed by atoms with Crippen LogP contribution in [0.15, 0.2) is 35.2 Å². The lowest BCUT2D eigenvalue weighted by Crippen LogP contribution is -2.46. The van der Waals surface area contributed by atoms with E-state index in [9.17, 15) is 21.6 Å². The topological polar surface area (TPSA) is 113 Å². The van der Waals surface area contributed by atoms with E-state index in [4.69, 9.17) is 0 Å². The number of likely N-dealkylation sites (tertiary alicyclic amines) is 1. The van der Waals surface area contributed by atoms with Crippen LogP contribution in [0.2, 0.25) is 0 Å². The number of nitrogens with zero attached hydrogens (tertiary/aromatic N) is 1. The van der Waals surface area contributed by atoms with Crippen molar-refractivity contribution in [2.24, 2.45) is 0 Å². The quantitative estimate of drug-likeness (QED) is 0.676. The maximum absolute atomic E-state index is 12.2. The number of carbonyl (C=O) groups is 1. The van der Waals surface area contributed by atoms with Gasteiger partial charge in [0.05, 0.1) is 11.2 Å². The van der Waals surface area contributed by atoms with Gasteiger partial charge < -0.3 is 4.90 Å². The van der Waals surface area contributed by atoms with Crippen LogP contribution in [0.3, 0.4) is 0 Å². The molecule has 1 heterocycles. The van der Waals surface area contributed by atoms with Gasteiger partial charge in [-0.2, -0.15) is 0 Å². The van der Waals surface area contributed by atoms with Gasteiger partial charge in [0.15, 0.2) is 0 Å². The molecule has 1 aromatic rings. The van der Waals surface area contributed by atoms with Crippen LogP contribution in [-0.2, 0) is 24.8 Å². The standard InChI is InChI=1S/C15H23N3O5S2/c1-24(20,21)17-13-8-11-18(12-9-13)15(19)7-10-16-25(22,23)14-5-3-2-4-6-14/h2-6,13,16-17H,7-12H2,1H3. The zero-order valence-corrected chi connectivity index (χ0v) is 15.6. The second-order valence-corrected chi connectivity index (χ2v) is 9.55. The summed E-state index contributed by atoms with van der Waals surface area (Å²) in [6.07, 6.45) is 2.28. The van der Waals surface area contributed by atoms with Crippen LogP contribution in [0.1, 0.15) is 19.3 Å². The summed E-state index contributed by atoms with van der Waals surface area (Å²) in [7, 11) is -6.86. The fraction of sp³-hybridized carbons (Fsp3) is 0.533. The molecule has 0 saturated carbocycles. The summed E-state index contributed by atoms with van der Waals surface area (Å²) < 4.78 is 51.5. The Kier molecular flexibility index (Phi) is 6.55. The first-order chi connectivity index (χ1) is 11.7. The van der Waals surface area contributed by atoms with Crippen molar-refractivity contribution in [2.75, 3.05) is 25.9 Å². The first kappa shape index (κ1) is 19.8. The summed E-state index contributed by atoms with van der Waals surface area (Å²) in [5.74, 6) is -0.145. The first-order valence-corrected chi connectivity index (χ1v) is 11.3. The number of sulfonamides is 2. The summed E-state index contributed by atoms with van der Waals surface area (Å²) in [6.45, 7) is 0.937. The summed E-state index contributed by atoms with van der Waals surface area (Å²) in [5, 5.41) is 0. The molecule has 2 N–H and O–H groups in total. The number of piperidine rings is 1. The third-order valence-electron chi connectivity index (χ3n) is 3.91. The molecule has 140 valence electrons. The highest BCUT2D eigenvalue weighted by atomic mass is 32.2. The van der Waals surface area contributed by atoms with Crippen LogP contribution in [-0.4, -0.2) is 59.6 Å². The molecule has 0 atom stereocenters. The molecule has 1 aromatic carbocycles. The van der Waals surface area contributed by atoms with Crippen molar-refractivity contribution in [3.8, 4) is 0 Å². The molecule has 1 aliphatic rings. The van der Waals surface area contributed by atoms with Crippen LogP contribution < -0.4 is 9.44 Å². The fourth-order valence-corrected chi connectivity index (χ4v) is 4.58. The lowest BCUT2D eigenvalue weighted by Gasteiger charge is -2.32. The number of rotatable bonds is 7. The van der Waals surface area contributed by atoms with E-state index in [1.54, 1.807) is 23.1 Å². The van der Waals surface area contributed by atoms with E-state index in [2.05, 4.69) is 9.44 Å². The zero-order chi connectivity index (χ0) is 18.5. The summed E-state index contributed by atoms with van der Waals surface area (Å²) in [6, 6.07) is 7.82. The van der Waals surface area contributed by atoms with E-state index in [0.29, 0.717) is 25.9 Å². The predicted molar refractivity (Wildman–Crippen MR) is 93.8 cm³/mol. The van der Waals surface area contributed by atoms with E-state index in [0.717, 1.165) is 6.26 Å². The van der Waals surface area contributed by atoms with Gasteiger partial charge >= 0.3 is 0 Å². The highest BCUT2D eigenvalue weighted by molar-refractivity contribution is 7.89. The maximum Gasteiger partial charge on any atom is 0.240 e. The molecule has 25 heavy (non-hydrogen) atoms. The number of carbonyl (C=O) groups excluding carboxylic acids is 1. The van der Waals surface area contributed by atoms with Gasteiger partial charge in [-0.25, -0.2) is 26.3 Å². The summed E-state index contributed by atoms with van der Waals surface area (Å²) in [5.41, 5.74) is 0. The fourth-order valence-electron chi connectivity index (χ4n) is 2.68. The minimum atomic E-state index is -3.61. The lowest BCUT2D eigenvalue weighted by atomic mass is 10.1. The highest BCUT2D eigenvalue weighted by Crippen LogP contribution is 2.12.